The molecule has 32 heavy (non-hydrogen) atoms. The number of urea groups is 1. The summed E-state index contributed by atoms with van der Waals surface area (Å²) >= 11 is 1.96. The Morgan fingerprint density at radius 3 is 2.91 bits per heavy atom. The van der Waals surface area contributed by atoms with Crippen molar-refractivity contribution >= 4 is 23.7 Å². The van der Waals surface area contributed by atoms with E-state index >= 15 is 0 Å². The summed E-state index contributed by atoms with van der Waals surface area (Å²) < 4.78 is 5.26. The van der Waals surface area contributed by atoms with Crippen LogP contribution in [0.1, 0.15) is 64.2 Å². The fourth-order valence-corrected chi connectivity index (χ4v) is 7.76. The molecule has 2 N–H and O–H groups in total. The number of carbonyl (C=O) groups is 2. The molecule has 0 aromatic carbocycles. The number of hydrogen-bond acceptors (Lipinski definition) is 5. The van der Waals surface area contributed by atoms with Gasteiger partial charge in [0, 0.05) is 50.3 Å². The highest BCUT2D eigenvalue weighted by Crippen LogP contribution is 2.34. The van der Waals surface area contributed by atoms with Gasteiger partial charge in [0.1, 0.15) is 0 Å². The molecule has 0 bridgehead atoms. The lowest BCUT2D eigenvalue weighted by molar-refractivity contribution is -0.133. The quantitative estimate of drug-likeness (QED) is 0.362. The Balaban J connectivity index is 1.23. The van der Waals surface area contributed by atoms with E-state index in [4.69, 9.17) is 4.74 Å². The Labute approximate surface area is 197 Å². The summed E-state index contributed by atoms with van der Waals surface area (Å²) in [6.45, 7) is 4.94. The maximum Gasteiger partial charge on any atom is 0.315 e. The molecule has 4 fully saturated rings. The SMILES string of the molecule is COCCCN(C[C@@H]1CCCN2CCCC[C@H]12)C(=O)CCCC[C@@H]1SC[C@@H]2NC(=O)N[C@@H]21. The lowest BCUT2D eigenvalue weighted by Crippen LogP contribution is -2.51. The number of fused-ring (bicyclic) bond motifs is 2. The molecular weight excluding hydrogens is 424 g/mol. The van der Waals surface area contributed by atoms with Crippen LogP contribution in [0.3, 0.4) is 0 Å². The van der Waals surface area contributed by atoms with Gasteiger partial charge in [-0.2, -0.15) is 11.8 Å². The first-order chi connectivity index (χ1) is 15.7. The minimum atomic E-state index is -0.0218. The smallest absolute Gasteiger partial charge is 0.315 e. The van der Waals surface area contributed by atoms with Gasteiger partial charge in [0.25, 0.3) is 0 Å². The van der Waals surface area contributed by atoms with Crippen LogP contribution in [-0.4, -0.2) is 90.8 Å². The van der Waals surface area contributed by atoms with Gasteiger partial charge in [-0.15, -0.1) is 0 Å². The molecule has 5 atom stereocenters. The minimum absolute atomic E-state index is 0.0218. The third-order valence-corrected chi connectivity index (χ3v) is 9.39. The van der Waals surface area contributed by atoms with Gasteiger partial charge in [-0.1, -0.05) is 12.8 Å². The molecule has 4 aliphatic heterocycles. The molecule has 4 saturated heterocycles. The molecule has 0 aliphatic carbocycles. The van der Waals surface area contributed by atoms with E-state index in [0.717, 1.165) is 44.5 Å². The normalized spacial score (nSPS) is 32.2. The summed E-state index contributed by atoms with van der Waals surface area (Å²) in [6, 6.07) is 1.20. The monoisotopic (exact) mass is 466 g/mol. The molecule has 0 saturated carbocycles. The van der Waals surface area contributed by atoms with Crippen LogP contribution in [0.5, 0.6) is 0 Å². The lowest BCUT2D eigenvalue weighted by Gasteiger charge is -2.45. The summed E-state index contributed by atoms with van der Waals surface area (Å²) in [5.41, 5.74) is 0. The molecule has 0 radical (unpaired) electrons. The van der Waals surface area contributed by atoms with Crippen molar-refractivity contribution in [2.45, 2.75) is 87.6 Å². The van der Waals surface area contributed by atoms with E-state index in [1.807, 2.05) is 11.8 Å². The first-order valence-corrected chi connectivity index (χ1v) is 13.9. The number of piperidine rings is 2. The van der Waals surface area contributed by atoms with E-state index < -0.39 is 0 Å². The van der Waals surface area contributed by atoms with Gasteiger partial charge in [-0.05, 0) is 64.0 Å². The predicted octanol–water partition coefficient (Wildman–Crippen LogP) is 2.84. The Bertz CT molecular complexity index is 634. The third kappa shape index (κ3) is 6.11. The first kappa shape index (κ1) is 24.1. The average Bonchev–Trinajstić information content (AvgIpc) is 3.35. The molecule has 0 aromatic rings. The van der Waals surface area contributed by atoms with Gasteiger partial charge in [0.2, 0.25) is 5.91 Å². The predicted molar refractivity (Wildman–Crippen MR) is 129 cm³/mol. The van der Waals surface area contributed by atoms with Crippen LogP contribution in [0.15, 0.2) is 0 Å². The average molecular weight is 467 g/mol. The Kier molecular flexibility index (Phi) is 9.00. The number of rotatable bonds is 11. The van der Waals surface area contributed by atoms with Crippen molar-refractivity contribution in [3.05, 3.63) is 0 Å². The number of unbranched alkanes of at least 4 members (excludes halogenated alkanes) is 1. The number of methoxy groups -OCH3 is 1. The molecule has 0 unspecified atom stereocenters. The van der Waals surface area contributed by atoms with E-state index in [9.17, 15) is 9.59 Å². The summed E-state index contributed by atoms with van der Waals surface area (Å²) in [7, 11) is 1.74. The van der Waals surface area contributed by atoms with E-state index in [2.05, 4.69) is 20.4 Å². The molecule has 0 aromatic heterocycles. The number of carbonyl (C=O) groups excluding carboxylic acids is 2. The number of ether oxygens (including phenoxy) is 1. The zero-order chi connectivity index (χ0) is 22.3. The van der Waals surface area contributed by atoms with Crippen molar-refractivity contribution in [3.8, 4) is 0 Å². The number of nitrogens with zero attached hydrogens (tertiary/aromatic N) is 2. The number of amides is 3. The zero-order valence-electron chi connectivity index (χ0n) is 19.7. The van der Waals surface area contributed by atoms with Crippen LogP contribution < -0.4 is 10.6 Å². The Hall–Kier alpha value is -0.990. The fraction of sp³-hybridized carbons (Fsp3) is 0.917. The highest BCUT2D eigenvalue weighted by molar-refractivity contribution is 8.00. The molecular formula is C24H42N4O3S. The van der Waals surface area contributed by atoms with Gasteiger partial charge >= 0.3 is 6.03 Å². The van der Waals surface area contributed by atoms with Crippen molar-refractivity contribution in [1.82, 2.24) is 20.4 Å². The molecule has 3 amide bonds. The third-order valence-electron chi connectivity index (χ3n) is 7.88. The summed E-state index contributed by atoms with van der Waals surface area (Å²) in [5.74, 6) is 1.95. The van der Waals surface area contributed by atoms with Gasteiger partial charge in [0.15, 0.2) is 0 Å². The van der Waals surface area contributed by atoms with Crippen molar-refractivity contribution in [2.75, 3.05) is 45.6 Å². The maximum atomic E-state index is 13.2. The largest absolute Gasteiger partial charge is 0.385 e. The molecule has 0 spiro atoms. The molecule has 4 aliphatic rings. The molecule has 4 heterocycles. The molecule has 4 rings (SSSR count). The van der Waals surface area contributed by atoms with Crippen LogP contribution in [0.4, 0.5) is 4.79 Å². The highest BCUT2D eigenvalue weighted by Gasteiger charge is 2.42. The fourth-order valence-electron chi connectivity index (χ4n) is 6.21. The first-order valence-electron chi connectivity index (χ1n) is 12.8. The number of hydrogen-bond donors (Lipinski definition) is 2. The van der Waals surface area contributed by atoms with Crippen LogP contribution in [0, 0.1) is 5.92 Å². The van der Waals surface area contributed by atoms with Gasteiger partial charge < -0.3 is 25.2 Å². The minimum Gasteiger partial charge on any atom is -0.385 e. The molecule has 182 valence electrons. The van der Waals surface area contributed by atoms with Crippen molar-refractivity contribution in [3.63, 3.8) is 0 Å². The van der Waals surface area contributed by atoms with Crippen molar-refractivity contribution < 1.29 is 14.3 Å². The highest BCUT2D eigenvalue weighted by atomic mass is 32.2. The summed E-state index contributed by atoms with van der Waals surface area (Å²) in [4.78, 5) is 29.6. The number of nitrogens with one attached hydrogen (secondary N) is 2. The van der Waals surface area contributed by atoms with E-state index in [-0.39, 0.29) is 18.1 Å². The lowest BCUT2D eigenvalue weighted by atomic mass is 9.83. The van der Waals surface area contributed by atoms with Gasteiger partial charge in [-0.3, -0.25) is 4.79 Å². The zero-order valence-corrected chi connectivity index (χ0v) is 20.5. The Morgan fingerprint density at radius 1 is 1.16 bits per heavy atom. The van der Waals surface area contributed by atoms with Gasteiger partial charge in [0.05, 0.1) is 12.1 Å². The van der Waals surface area contributed by atoms with Gasteiger partial charge in [-0.25, -0.2) is 4.79 Å². The number of thioether (sulfide) groups is 1. The van der Waals surface area contributed by atoms with E-state index in [1.165, 1.54) is 45.2 Å². The van der Waals surface area contributed by atoms with Crippen molar-refractivity contribution in [1.29, 1.82) is 0 Å². The second-order valence-electron chi connectivity index (χ2n) is 10.1. The van der Waals surface area contributed by atoms with Crippen LogP contribution >= 0.6 is 11.8 Å². The second-order valence-corrected chi connectivity index (χ2v) is 11.3. The topological polar surface area (TPSA) is 73.9 Å². The summed E-state index contributed by atoms with van der Waals surface area (Å²) in [6.07, 6.45) is 11.1. The molecule has 7 nitrogen and oxygen atoms in total. The standard InChI is InChI=1S/C24H42N4O3S/c1-31-15-7-14-28(16-18-8-6-13-27-12-5-4-9-20(18)27)22(29)11-3-2-10-21-23-19(17-32-21)25-24(30)26-23/h18-21,23H,2-17H2,1H3,(H2,25,26,30)/t18-,19-,20+,21-,23-/m0/s1. The van der Waals surface area contributed by atoms with Crippen LogP contribution in [0.2, 0.25) is 0 Å². The van der Waals surface area contributed by atoms with Crippen LogP contribution in [-0.2, 0) is 9.53 Å². The van der Waals surface area contributed by atoms with Crippen molar-refractivity contribution in [2.24, 2.45) is 5.92 Å². The van der Waals surface area contributed by atoms with E-state index in [0.29, 0.717) is 36.1 Å². The second kappa shape index (κ2) is 11.9. The van der Waals surface area contributed by atoms with E-state index in [1.54, 1.807) is 7.11 Å². The Morgan fingerprint density at radius 2 is 2.03 bits per heavy atom. The maximum absolute atomic E-state index is 13.2. The molecule has 8 heteroatoms. The summed E-state index contributed by atoms with van der Waals surface area (Å²) in [5, 5.41) is 6.55. The van der Waals surface area contributed by atoms with Crippen LogP contribution in [0.25, 0.3) is 0 Å².